The molecule has 0 amide bonds. The van der Waals surface area contributed by atoms with Gasteiger partial charge in [0.05, 0.1) is 10.2 Å². The Labute approximate surface area is 151 Å². The number of nitrogens with zero attached hydrogens (tertiary/aromatic N) is 1. The van der Waals surface area contributed by atoms with Crippen LogP contribution in [0.2, 0.25) is 0 Å². The molecule has 0 saturated carbocycles. The lowest BCUT2D eigenvalue weighted by molar-refractivity contribution is 1.36. The van der Waals surface area contributed by atoms with E-state index in [1.165, 1.54) is 37.7 Å². The molecule has 0 fully saturated rings. The van der Waals surface area contributed by atoms with Crippen LogP contribution in [0.4, 0.5) is 0 Å². The molecule has 0 saturated heterocycles. The third-order valence-electron chi connectivity index (χ3n) is 4.36. The SMILES string of the molecule is C/C=C\C=C/C(=C(C)C)c1nc2ccc3[nH]c4ccccc4c3c2s1. The fourth-order valence-electron chi connectivity index (χ4n) is 3.15. The molecule has 2 aromatic carbocycles. The minimum absolute atomic E-state index is 1.07. The topological polar surface area (TPSA) is 28.7 Å². The highest BCUT2D eigenvalue weighted by Crippen LogP contribution is 2.37. The number of benzene rings is 2. The van der Waals surface area contributed by atoms with Crippen LogP contribution in [0.25, 0.3) is 37.6 Å². The fourth-order valence-corrected chi connectivity index (χ4v) is 4.41. The molecule has 0 spiro atoms. The molecule has 0 bridgehead atoms. The number of hydrogen-bond acceptors (Lipinski definition) is 2. The molecule has 4 rings (SSSR count). The average Bonchev–Trinajstić information content (AvgIpc) is 3.18. The van der Waals surface area contributed by atoms with E-state index in [9.17, 15) is 0 Å². The van der Waals surface area contributed by atoms with Crippen LogP contribution in [0.3, 0.4) is 0 Å². The van der Waals surface area contributed by atoms with E-state index in [1.54, 1.807) is 11.3 Å². The maximum absolute atomic E-state index is 4.92. The maximum atomic E-state index is 4.92. The summed E-state index contributed by atoms with van der Waals surface area (Å²) in [6.45, 7) is 6.31. The smallest absolute Gasteiger partial charge is 0.124 e. The Morgan fingerprint density at radius 3 is 2.68 bits per heavy atom. The van der Waals surface area contributed by atoms with Gasteiger partial charge in [-0.15, -0.1) is 11.3 Å². The summed E-state index contributed by atoms with van der Waals surface area (Å²) in [5.41, 5.74) is 5.89. The first-order valence-corrected chi connectivity index (χ1v) is 9.28. The van der Waals surface area contributed by atoms with Crippen molar-refractivity contribution in [1.82, 2.24) is 9.97 Å². The average molecular weight is 344 g/mol. The Morgan fingerprint density at radius 1 is 1.04 bits per heavy atom. The molecule has 0 aliphatic carbocycles. The third-order valence-corrected chi connectivity index (χ3v) is 5.48. The summed E-state index contributed by atoms with van der Waals surface area (Å²) >= 11 is 1.78. The summed E-state index contributed by atoms with van der Waals surface area (Å²) < 4.78 is 1.25. The summed E-state index contributed by atoms with van der Waals surface area (Å²) in [6, 6.07) is 12.7. The van der Waals surface area contributed by atoms with Crippen molar-refractivity contribution in [3.63, 3.8) is 0 Å². The molecule has 4 aromatic rings. The molecule has 25 heavy (non-hydrogen) atoms. The van der Waals surface area contributed by atoms with Gasteiger partial charge in [-0.3, -0.25) is 0 Å². The van der Waals surface area contributed by atoms with E-state index in [-0.39, 0.29) is 0 Å². The van der Waals surface area contributed by atoms with Crippen LogP contribution >= 0.6 is 11.3 Å². The van der Waals surface area contributed by atoms with Gasteiger partial charge in [0.2, 0.25) is 0 Å². The first-order valence-electron chi connectivity index (χ1n) is 8.46. The molecule has 0 aliphatic rings. The largest absolute Gasteiger partial charge is 0.354 e. The number of para-hydroxylation sites is 1. The van der Waals surface area contributed by atoms with Gasteiger partial charge < -0.3 is 4.98 Å². The van der Waals surface area contributed by atoms with Crippen molar-refractivity contribution >= 4 is 48.9 Å². The first-order chi connectivity index (χ1) is 12.2. The van der Waals surface area contributed by atoms with Gasteiger partial charge in [-0.25, -0.2) is 4.98 Å². The van der Waals surface area contributed by atoms with Crippen molar-refractivity contribution in [2.45, 2.75) is 20.8 Å². The second-order valence-corrected chi connectivity index (χ2v) is 7.32. The molecule has 2 heterocycles. The number of aromatic amines is 1. The Kier molecular flexibility index (Phi) is 4.02. The molecule has 0 radical (unpaired) electrons. The fraction of sp³-hybridized carbons (Fsp3) is 0.136. The van der Waals surface area contributed by atoms with Crippen LogP contribution in [0, 0.1) is 0 Å². The van der Waals surface area contributed by atoms with E-state index < -0.39 is 0 Å². The number of H-pyrrole nitrogens is 1. The zero-order valence-electron chi connectivity index (χ0n) is 14.6. The van der Waals surface area contributed by atoms with Gasteiger partial charge in [-0.05, 0) is 39.0 Å². The Hall–Kier alpha value is -2.65. The van der Waals surface area contributed by atoms with Crippen LogP contribution in [-0.2, 0) is 0 Å². The van der Waals surface area contributed by atoms with Crippen LogP contribution in [0.15, 0.2) is 66.3 Å². The lowest BCUT2D eigenvalue weighted by Gasteiger charge is -1.99. The molecule has 0 atom stereocenters. The van der Waals surface area contributed by atoms with Gasteiger partial charge in [0, 0.05) is 27.4 Å². The summed E-state index contributed by atoms with van der Waals surface area (Å²) in [4.78, 5) is 8.44. The van der Waals surface area contributed by atoms with Crippen LogP contribution < -0.4 is 0 Å². The van der Waals surface area contributed by atoms with Crippen molar-refractivity contribution < 1.29 is 0 Å². The van der Waals surface area contributed by atoms with Crippen LogP contribution in [0.1, 0.15) is 25.8 Å². The van der Waals surface area contributed by atoms with Crippen molar-refractivity contribution in [2.75, 3.05) is 0 Å². The Bertz CT molecular complexity index is 1160. The van der Waals surface area contributed by atoms with E-state index in [0.29, 0.717) is 0 Å². The number of allylic oxidation sites excluding steroid dienone is 6. The zero-order chi connectivity index (χ0) is 17.4. The Morgan fingerprint density at radius 2 is 1.88 bits per heavy atom. The Balaban J connectivity index is 1.98. The van der Waals surface area contributed by atoms with Crippen molar-refractivity contribution in [3.8, 4) is 0 Å². The molecule has 0 unspecified atom stereocenters. The highest BCUT2D eigenvalue weighted by Gasteiger charge is 2.13. The predicted octanol–water partition coefficient (Wildman–Crippen LogP) is 6.86. The molecule has 124 valence electrons. The molecule has 2 aromatic heterocycles. The monoisotopic (exact) mass is 344 g/mol. The van der Waals surface area contributed by atoms with E-state index in [0.717, 1.165) is 10.5 Å². The summed E-state index contributed by atoms with van der Waals surface area (Å²) in [5, 5.41) is 3.62. The summed E-state index contributed by atoms with van der Waals surface area (Å²) in [7, 11) is 0. The standard InChI is InChI=1S/C22H20N2S/c1-4-5-6-9-15(14(2)3)22-24-19-13-12-18-20(21(19)25-22)16-10-7-8-11-17(16)23-18/h4-13,23H,1-3H3/b5-4-,9-6-. The lowest BCUT2D eigenvalue weighted by atomic mass is 10.1. The number of hydrogen-bond donors (Lipinski definition) is 1. The van der Waals surface area contributed by atoms with Crippen LogP contribution in [-0.4, -0.2) is 9.97 Å². The second kappa shape index (κ2) is 6.34. The van der Waals surface area contributed by atoms with E-state index in [2.05, 4.69) is 67.4 Å². The van der Waals surface area contributed by atoms with Gasteiger partial charge in [0.25, 0.3) is 0 Å². The maximum Gasteiger partial charge on any atom is 0.124 e. The van der Waals surface area contributed by atoms with Crippen molar-refractivity contribution in [2.24, 2.45) is 0 Å². The van der Waals surface area contributed by atoms with E-state index >= 15 is 0 Å². The lowest BCUT2D eigenvalue weighted by Crippen LogP contribution is -1.82. The minimum atomic E-state index is 1.07. The number of rotatable bonds is 3. The summed E-state index contributed by atoms with van der Waals surface area (Å²) in [5.74, 6) is 0. The normalized spacial score (nSPS) is 12.3. The quantitative estimate of drug-likeness (QED) is 0.404. The summed E-state index contributed by atoms with van der Waals surface area (Å²) in [6.07, 6.45) is 8.32. The minimum Gasteiger partial charge on any atom is -0.354 e. The van der Waals surface area contributed by atoms with E-state index in [4.69, 9.17) is 4.98 Å². The number of aromatic nitrogens is 2. The van der Waals surface area contributed by atoms with Crippen LogP contribution in [0.5, 0.6) is 0 Å². The molecular weight excluding hydrogens is 324 g/mol. The molecular formula is C22H20N2S. The number of fused-ring (bicyclic) bond motifs is 5. The van der Waals surface area contributed by atoms with E-state index in [1.807, 2.05) is 19.1 Å². The zero-order valence-corrected chi connectivity index (χ0v) is 15.4. The predicted molar refractivity (Wildman–Crippen MR) is 111 cm³/mol. The van der Waals surface area contributed by atoms with Crippen molar-refractivity contribution in [1.29, 1.82) is 0 Å². The third kappa shape index (κ3) is 2.71. The van der Waals surface area contributed by atoms with Gasteiger partial charge in [0.15, 0.2) is 0 Å². The van der Waals surface area contributed by atoms with Gasteiger partial charge in [-0.2, -0.15) is 0 Å². The molecule has 0 aliphatic heterocycles. The molecule has 3 heteroatoms. The highest BCUT2D eigenvalue weighted by atomic mass is 32.1. The number of thiazole rings is 1. The van der Waals surface area contributed by atoms with Gasteiger partial charge >= 0.3 is 0 Å². The molecule has 2 nitrogen and oxygen atoms in total. The van der Waals surface area contributed by atoms with Gasteiger partial charge in [0.1, 0.15) is 5.01 Å². The van der Waals surface area contributed by atoms with Crippen molar-refractivity contribution in [3.05, 3.63) is 71.3 Å². The second-order valence-electron chi connectivity index (χ2n) is 6.32. The van der Waals surface area contributed by atoms with Gasteiger partial charge in [-0.1, -0.05) is 48.1 Å². The number of nitrogens with one attached hydrogen (secondary N) is 1. The molecule has 1 N–H and O–H groups in total. The highest BCUT2D eigenvalue weighted by molar-refractivity contribution is 7.20. The first kappa shape index (κ1) is 15.9.